The first-order chi connectivity index (χ1) is 24.7. The van der Waals surface area contributed by atoms with E-state index in [9.17, 15) is 9.59 Å². The first kappa shape index (κ1) is 29.2. The van der Waals surface area contributed by atoms with E-state index in [1.165, 1.54) is 0 Å². The summed E-state index contributed by atoms with van der Waals surface area (Å²) in [5.74, 6) is 0.950. The number of piperazine rings is 1. The Balaban J connectivity index is 1.14. The lowest BCUT2D eigenvalue weighted by Crippen LogP contribution is -2.50. The van der Waals surface area contributed by atoms with Crippen LogP contribution in [0, 0.1) is 0 Å². The number of hydrogen-bond donors (Lipinski definition) is 0. The van der Waals surface area contributed by atoms with Crippen molar-refractivity contribution >= 4 is 34.2 Å². The summed E-state index contributed by atoms with van der Waals surface area (Å²) in [7, 11) is 0. The van der Waals surface area contributed by atoms with Crippen molar-refractivity contribution in [1.82, 2.24) is 49.1 Å². The topological polar surface area (TPSA) is 138 Å². The summed E-state index contributed by atoms with van der Waals surface area (Å²) in [6, 6.07) is 37.8. The minimum Gasteiger partial charge on any atom is -0.338 e. The fraction of sp³-hybridized carbons (Fsp3) is 0.111. The molecule has 0 aliphatic carbocycles. The van der Waals surface area contributed by atoms with E-state index in [2.05, 4.69) is 30.4 Å². The van der Waals surface area contributed by atoms with Crippen molar-refractivity contribution in [2.45, 2.75) is 0 Å². The van der Waals surface area contributed by atoms with Gasteiger partial charge < -0.3 is 9.80 Å². The van der Waals surface area contributed by atoms with Gasteiger partial charge in [0.15, 0.2) is 22.3 Å². The van der Waals surface area contributed by atoms with Crippen LogP contribution in [-0.4, -0.2) is 75.3 Å². The highest BCUT2D eigenvalue weighted by atomic mass is 16.1. The van der Waals surface area contributed by atoms with Crippen molar-refractivity contribution in [3.05, 3.63) is 142 Å². The van der Waals surface area contributed by atoms with Gasteiger partial charge in [-0.1, -0.05) is 83.2 Å². The average molecular weight is 661 g/mol. The molecular weight excluding hydrogens is 632 g/mol. The molecule has 1 aliphatic rings. The molecule has 244 valence electrons. The van der Waals surface area contributed by atoms with Gasteiger partial charge in [-0.2, -0.15) is 19.3 Å². The number of aromatic nitrogens is 10. The van der Waals surface area contributed by atoms with Gasteiger partial charge in [0.25, 0.3) is 11.1 Å². The number of nitrogens with zero attached hydrogens (tertiary/aromatic N) is 12. The molecular formula is C36H28N12O2. The zero-order chi connectivity index (χ0) is 33.6. The third kappa shape index (κ3) is 4.80. The molecule has 9 rings (SSSR count). The van der Waals surface area contributed by atoms with E-state index in [1.807, 2.05) is 121 Å². The first-order valence-corrected chi connectivity index (χ1v) is 16.1. The van der Waals surface area contributed by atoms with Crippen LogP contribution in [0.5, 0.6) is 0 Å². The Morgan fingerprint density at radius 1 is 0.420 bits per heavy atom. The van der Waals surface area contributed by atoms with Crippen molar-refractivity contribution in [3.8, 4) is 22.7 Å². The lowest BCUT2D eigenvalue weighted by Gasteiger charge is -2.37. The van der Waals surface area contributed by atoms with Crippen molar-refractivity contribution in [1.29, 1.82) is 0 Å². The fourth-order valence-electron chi connectivity index (χ4n) is 6.35. The zero-order valence-corrected chi connectivity index (χ0v) is 26.6. The standard InChI is InChI=1S/C36H28N12O2/c49-33-29-31(47(41-39-29)27-17-9-3-10-18-27)37-35(45(33)25-13-5-1-6-14-25)43-21-23-44(24-22-43)36-38-32-30(34(50)46(36)26-15-7-2-8-16-26)40-42-48(32)28-19-11-4-12-20-28/h1-20H,21-24H2. The highest BCUT2D eigenvalue weighted by Gasteiger charge is 2.29. The number of rotatable bonds is 6. The molecule has 1 saturated heterocycles. The SMILES string of the molecule is O=c1c2nnn(-c3ccccc3)c2nc(N2CCN(c3nc4c(nnn4-c4ccccc4)c(=O)n3-c3ccccc3)CC2)n1-c1ccccc1. The number of fused-ring (bicyclic) bond motifs is 2. The molecule has 1 aliphatic heterocycles. The van der Waals surface area contributed by atoms with Crippen LogP contribution in [0.15, 0.2) is 131 Å². The highest BCUT2D eigenvalue weighted by molar-refractivity contribution is 5.75. The van der Waals surface area contributed by atoms with Gasteiger partial charge >= 0.3 is 0 Å². The minimum absolute atomic E-state index is 0.174. The summed E-state index contributed by atoms with van der Waals surface area (Å²) < 4.78 is 6.37. The summed E-state index contributed by atoms with van der Waals surface area (Å²) in [6.07, 6.45) is 0. The number of para-hydroxylation sites is 4. The van der Waals surface area contributed by atoms with Gasteiger partial charge in [-0.25, -0.2) is 9.13 Å². The largest absolute Gasteiger partial charge is 0.338 e. The van der Waals surface area contributed by atoms with Crippen LogP contribution in [0.1, 0.15) is 0 Å². The van der Waals surface area contributed by atoms with Crippen LogP contribution in [-0.2, 0) is 0 Å². The third-order valence-corrected chi connectivity index (χ3v) is 8.79. The van der Waals surface area contributed by atoms with Crippen molar-refractivity contribution in [3.63, 3.8) is 0 Å². The van der Waals surface area contributed by atoms with Gasteiger partial charge in [-0.15, -0.1) is 10.2 Å². The van der Waals surface area contributed by atoms with E-state index in [0.717, 1.165) is 11.4 Å². The molecule has 0 N–H and O–H groups in total. The van der Waals surface area contributed by atoms with E-state index in [4.69, 9.17) is 9.97 Å². The first-order valence-electron chi connectivity index (χ1n) is 16.1. The molecule has 14 nitrogen and oxygen atoms in total. The van der Waals surface area contributed by atoms with Gasteiger partial charge in [0.1, 0.15) is 0 Å². The molecule has 0 amide bonds. The fourth-order valence-corrected chi connectivity index (χ4v) is 6.35. The maximum atomic E-state index is 14.1. The quantitative estimate of drug-likeness (QED) is 0.260. The van der Waals surface area contributed by atoms with Crippen LogP contribution in [0.4, 0.5) is 11.9 Å². The zero-order valence-electron chi connectivity index (χ0n) is 26.6. The van der Waals surface area contributed by atoms with E-state index >= 15 is 0 Å². The molecule has 0 bridgehead atoms. The number of anilines is 2. The molecule has 0 atom stereocenters. The molecule has 5 heterocycles. The predicted octanol–water partition coefficient (Wildman–Crippen LogP) is 3.57. The van der Waals surface area contributed by atoms with Crippen molar-refractivity contribution in [2.24, 2.45) is 0 Å². The Kier molecular flexibility index (Phi) is 6.97. The van der Waals surface area contributed by atoms with E-state index < -0.39 is 0 Å². The lowest BCUT2D eigenvalue weighted by atomic mass is 10.3. The number of hydrogen-bond acceptors (Lipinski definition) is 10. The van der Waals surface area contributed by atoms with Crippen LogP contribution in [0.3, 0.4) is 0 Å². The Hall–Kier alpha value is -6.96. The van der Waals surface area contributed by atoms with Crippen molar-refractivity contribution < 1.29 is 0 Å². The molecule has 4 aromatic heterocycles. The van der Waals surface area contributed by atoms with Gasteiger partial charge in [0.05, 0.1) is 22.7 Å². The van der Waals surface area contributed by atoms with Gasteiger partial charge in [-0.05, 0) is 48.5 Å². The molecule has 8 aromatic rings. The smallest absolute Gasteiger partial charge is 0.289 e. The number of benzene rings is 4. The Morgan fingerprint density at radius 3 is 1.08 bits per heavy atom. The van der Waals surface area contributed by atoms with Crippen LogP contribution in [0.2, 0.25) is 0 Å². The molecule has 0 saturated carbocycles. The minimum atomic E-state index is -0.312. The summed E-state index contributed by atoms with van der Waals surface area (Å²) in [5, 5.41) is 17.1. The van der Waals surface area contributed by atoms with Gasteiger partial charge in [0, 0.05) is 26.2 Å². The second-order valence-corrected chi connectivity index (χ2v) is 11.8. The van der Waals surface area contributed by atoms with Crippen LogP contribution >= 0.6 is 0 Å². The molecule has 0 radical (unpaired) electrons. The van der Waals surface area contributed by atoms with Crippen LogP contribution < -0.4 is 20.9 Å². The van der Waals surface area contributed by atoms with E-state index in [0.29, 0.717) is 60.7 Å². The lowest BCUT2D eigenvalue weighted by molar-refractivity contribution is 0.614. The molecule has 1 fully saturated rings. The summed E-state index contributed by atoms with van der Waals surface area (Å²) in [5.41, 5.74) is 3.31. The van der Waals surface area contributed by atoms with Crippen LogP contribution in [0.25, 0.3) is 45.1 Å². The summed E-state index contributed by atoms with van der Waals surface area (Å²) in [4.78, 5) is 42.5. The predicted molar refractivity (Wildman–Crippen MR) is 189 cm³/mol. The summed E-state index contributed by atoms with van der Waals surface area (Å²) in [6.45, 7) is 1.93. The Bertz CT molecular complexity index is 2410. The van der Waals surface area contributed by atoms with Gasteiger partial charge in [0.2, 0.25) is 11.9 Å². The monoisotopic (exact) mass is 660 g/mol. The average Bonchev–Trinajstić information content (AvgIpc) is 3.82. The normalized spacial score (nSPS) is 13.4. The Labute approximate surface area is 283 Å². The maximum Gasteiger partial charge on any atom is 0.289 e. The van der Waals surface area contributed by atoms with Gasteiger partial charge in [-0.3, -0.25) is 9.59 Å². The molecule has 50 heavy (non-hydrogen) atoms. The highest BCUT2D eigenvalue weighted by Crippen LogP contribution is 2.25. The molecule has 0 spiro atoms. The van der Waals surface area contributed by atoms with Crippen molar-refractivity contribution in [2.75, 3.05) is 36.0 Å². The Morgan fingerprint density at radius 2 is 0.740 bits per heavy atom. The molecule has 14 heteroatoms. The maximum absolute atomic E-state index is 14.1. The van der Waals surface area contributed by atoms with E-state index in [-0.39, 0.29) is 22.2 Å². The third-order valence-electron chi connectivity index (χ3n) is 8.79. The second kappa shape index (κ2) is 11.9. The second-order valence-electron chi connectivity index (χ2n) is 11.8. The van der Waals surface area contributed by atoms with E-state index in [1.54, 1.807) is 18.5 Å². The summed E-state index contributed by atoms with van der Waals surface area (Å²) >= 11 is 0. The molecule has 4 aromatic carbocycles. The molecule has 0 unspecified atom stereocenters.